The van der Waals surface area contributed by atoms with Crippen LogP contribution < -0.4 is 10.6 Å². The summed E-state index contributed by atoms with van der Waals surface area (Å²) < 4.78 is 0. The molecule has 118 valence electrons. The summed E-state index contributed by atoms with van der Waals surface area (Å²) in [6.45, 7) is 9.21. The van der Waals surface area contributed by atoms with E-state index in [0.29, 0.717) is 6.54 Å². The summed E-state index contributed by atoms with van der Waals surface area (Å²) in [5, 5.41) is 15.3. The van der Waals surface area contributed by atoms with Gasteiger partial charge in [0.1, 0.15) is 0 Å². The van der Waals surface area contributed by atoms with Gasteiger partial charge in [0.05, 0.1) is 6.61 Å². The van der Waals surface area contributed by atoms with Crippen molar-refractivity contribution in [2.24, 2.45) is 0 Å². The second-order valence-electron chi connectivity index (χ2n) is 5.35. The van der Waals surface area contributed by atoms with E-state index in [4.69, 9.17) is 5.11 Å². The Morgan fingerprint density at radius 3 is 2.62 bits per heavy atom. The number of aliphatic hydroxyl groups excluding tert-OH is 1. The number of amides is 2. The van der Waals surface area contributed by atoms with Gasteiger partial charge in [-0.2, -0.15) is 0 Å². The van der Waals surface area contributed by atoms with Gasteiger partial charge in [0.15, 0.2) is 0 Å². The zero-order valence-corrected chi connectivity index (χ0v) is 13.4. The van der Waals surface area contributed by atoms with E-state index >= 15 is 0 Å². The molecule has 1 aromatic rings. The van der Waals surface area contributed by atoms with Crippen LogP contribution in [0.15, 0.2) is 24.3 Å². The van der Waals surface area contributed by atoms with Crippen LogP contribution in [0.4, 0.5) is 10.5 Å². The van der Waals surface area contributed by atoms with Gasteiger partial charge < -0.3 is 20.6 Å². The highest BCUT2D eigenvalue weighted by atomic mass is 16.3. The highest BCUT2D eigenvalue weighted by Crippen LogP contribution is 2.18. The van der Waals surface area contributed by atoms with Crippen molar-refractivity contribution >= 4 is 11.7 Å². The van der Waals surface area contributed by atoms with Crippen molar-refractivity contribution in [3.8, 4) is 0 Å². The number of hydrogen-bond donors (Lipinski definition) is 3. The highest BCUT2D eigenvalue weighted by Gasteiger charge is 2.16. The van der Waals surface area contributed by atoms with Crippen LogP contribution in [0.25, 0.3) is 0 Å². The molecule has 0 saturated carbocycles. The van der Waals surface area contributed by atoms with Gasteiger partial charge in [-0.05, 0) is 45.0 Å². The number of carbonyl (C=O) groups excluding carboxylic acids is 1. The van der Waals surface area contributed by atoms with Crippen molar-refractivity contribution < 1.29 is 9.90 Å². The molecule has 0 bridgehead atoms. The summed E-state index contributed by atoms with van der Waals surface area (Å²) in [7, 11) is 0. The Bertz CT molecular complexity index is 449. The maximum absolute atomic E-state index is 12.2. The van der Waals surface area contributed by atoms with E-state index < -0.39 is 0 Å². The van der Waals surface area contributed by atoms with Crippen LogP contribution in [0.1, 0.15) is 39.3 Å². The van der Waals surface area contributed by atoms with Crippen molar-refractivity contribution in [2.75, 3.05) is 25.0 Å². The predicted octanol–water partition coefficient (Wildman–Crippen LogP) is 2.59. The molecular formula is C16H27N3O2. The van der Waals surface area contributed by atoms with Gasteiger partial charge in [-0.15, -0.1) is 0 Å². The maximum atomic E-state index is 12.2. The molecule has 0 heterocycles. The maximum Gasteiger partial charge on any atom is 0.322 e. The summed E-state index contributed by atoms with van der Waals surface area (Å²) in [5.41, 5.74) is 1.90. The fraction of sp³-hybridized carbons (Fsp3) is 0.562. The van der Waals surface area contributed by atoms with Gasteiger partial charge in [0.25, 0.3) is 0 Å². The summed E-state index contributed by atoms with van der Waals surface area (Å²) in [6, 6.07) is 7.92. The largest absolute Gasteiger partial charge is 0.395 e. The molecule has 0 saturated heterocycles. The average Bonchev–Trinajstić information content (AvgIpc) is 2.44. The molecular weight excluding hydrogens is 266 g/mol. The number of carbonyl (C=O) groups is 1. The van der Waals surface area contributed by atoms with Crippen molar-refractivity contribution in [1.82, 2.24) is 10.2 Å². The van der Waals surface area contributed by atoms with Crippen LogP contribution in [0, 0.1) is 0 Å². The molecule has 3 N–H and O–H groups in total. The molecule has 0 aromatic heterocycles. The SMILES string of the molecule is CCNC(C)c1cccc(NC(=O)N(CCO)C(C)C)c1. The highest BCUT2D eigenvalue weighted by molar-refractivity contribution is 5.89. The van der Waals surface area contributed by atoms with E-state index in [1.54, 1.807) is 4.90 Å². The molecule has 0 spiro atoms. The molecule has 0 fully saturated rings. The molecule has 2 amide bonds. The predicted molar refractivity (Wildman–Crippen MR) is 86.5 cm³/mol. The number of benzene rings is 1. The number of rotatable bonds is 7. The van der Waals surface area contributed by atoms with Crippen LogP contribution in [0.2, 0.25) is 0 Å². The van der Waals surface area contributed by atoms with E-state index in [9.17, 15) is 4.79 Å². The molecule has 5 nitrogen and oxygen atoms in total. The minimum absolute atomic E-state index is 0.0386. The molecule has 21 heavy (non-hydrogen) atoms. The van der Waals surface area contributed by atoms with Crippen LogP contribution in [0.5, 0.6) is 0 Å². The van der Waals surface area contributed by atoms with E-state index in [0.717, 1.165) is 17.8 Å². The second-order valence-corrected chi connectivity index (χ2v) is 5.35. The first-order chi connectivity index (χ1) is 9.99. The molecule has 0 aliphatic rings. The number of anilines is 1. The van der Waals surface area contributed by atoms with Crippen molar-refractivity contribution in [2.45, 2.75) is 39.8 Å². The average molecular weight is 293 g/mol. The van der Waals surface area contributed by atoms with Crippen molar-refractivity contribution in [3.63, 3.8) is 0 Å². The third kappa shape index (κ3) is 5.36. The van der Waals surface area contributed by atoms with Gasteiger partial charge >= 0.3 is 6.03 Å². The van der Waals surface area contributed by atoms with Gasteiger partial charge in [0, 0.05) is 24.3 Å². The van der Waals surface area contributed by atoms with Crippen LogP contribution in [-0.2, 0) is 0 Å². The number of hydrogen-bond acceptors (Lipinski definition) is 3. The zero-order chi connectivity index (χ0) is 15.8. The molecule has 1 unspecified atom stereocenters. The zero-order valence-electron chi connectivity index (χ0n) is 13.4. The number of aliphatic hydroxyl groups is 1. The quantitative estimate of drug-likeness (QED) is 0.724. The Kier molecular flexibility index (Phi) is 7.19. The first-order valence-corrected chi connectivity index (χ1v) is 7.51. The van der Waals surface area contributed by atoms with Crippen LogP contribution in [-0.4, -0.2) is 41.8 Å². The molecule has 5 heteroatoms. The third-order valence-corrected chi connectivity index (χ3v) is 3.37. The van der Waals surface area contributed by atoms with E-state index in [1.807, 2.05) is 38.1 Å². The molecule has 0 aliphatic carbocycles. The lowest BCUT2D eigenvalue weighted by Crippen LogP contribution is -2.41. The first kappa shape index (κ1) is 17.5. The molecule has 1 rings (SSSR count). The number of nitrogens with one attached hydrogen (secondary N) is 2. The number of nitrogens with zero attached hydrogens (tertiary/aromatic N) is 1. The number of urea groups is 1. The summed E-state index contributed by atoms with van der Waals surface area (Å²) in [5.74, 6) is 0. The standard InChI is InChI=1S/C16H27N3O2/c1-5-17-13(4)14-7-6-8-15(11-14)18-16(21)19(9-10-20)12(2)3/h6-8,11-13,17,20H,5,9-10H2,1-4H3,(H,18,21). The van der Waals surface area contributed by atoms with Gasteiger partial charge in [-0.3, -0.25) is 0 Å². The Morgan fingerprint density at radius 1 is 1.33 bits per heavy atom. The molecule has 1 atom stereocenters. The normalized spacial score (nSPS) is 12.3. The Balaban J connectivity index is 2.78. The minimum Gasteiger partial charge on any atom is -0.395 e. The topological polar surface area (TPSA) is 64.6 Å². The molecule has 0 radical (unpaired) electrons. The van der Waals surface area contributed by atoms with E-state index in [2.05, 4.69) is 24.5 Å². The molecule has 1 aromatic carbocycles. The van der Waals surface area contributed by atoms with Gasteiger partial charge in [-0.25, -0.2) is 4.79 Å². The van der Waals surface area contributed by atoms with Crippen LogP contribution in [0.3, 0.4) is 0 Å². The Morgan fingerprint density at radius 2 is 2.05 bits per heavy atom. The monoisotopic (exact) mass is 293 g/mol. The lowest BCUT2D eigenvalue weighted by molar-refractivity contribution is 0.172. The smallest absolute Gasteiger partial charge is 0.322 e. The fourth-order valence-electron chi connectivity index (χ4n) is 2.21. The van der Waals surface area contributed by atoms with E-state index in [-0.39, 0.29) is 24.7 Å². The summed E-state index contributed by atoms with van der Waals surface area (Å²) in [4.78, 5) is 13.9. The van der Waals surface area contributed by atoms with Crippen LogP contribution >= 0.6 is 0 Å². The lowest BCUT2D eigenvalue weighted by Gasteiger charge is -2.26. The third-order valence-electron chi connectivity index (χ3n) is 3.37. The van der Waals surface area contributed by atoms with Gasteiger partial charge in [-0.1, -0.05) is 19.1 Å². The first-order valence-electron chi connectivity index (χ1n) is 7.51. The van der Waals surface area contributed by atoms with E-state index in [1.165, 1.54) is 0 Å². The lowest BCUT2D eigenvalue weighted by atomic mass is 10.1. The Hall–Kier alpha value is -1.59. The van der Waals surface area contributed by atoms with Crippen molar-refractivity contribution in [1.29, 1.82) is 0 Å². The summed E-state index contributed by atoms with van der Waals surface area (Å²) >= 11 is 0. The van der Waals surface area contributed by atoms with Crippen molar-refractivity contribution in [3.05, 3.63) is 29.8 Å². The Labute approximate surface area is 127 Å². The van der Waals surface area contributed by atoms with Gasteiger partial charge in [0.2, 0.25) is 0 Å². The fourth-order valence-corrected chi connectivity index (χ4v) is 2.21. The molecule has 0 aliphatic heterocycles. The summed E-state index contributed by atoms with van der Waals surface area (Å²) in [6.07, 6.45) is 0. The second kappa shape index (κ2) is 8.64. The minimum atomic E-state index is -0.188.